The van der Waals surface area contributed by atoms with E-state index in [2.05, 4.69) is 0 Å². The number of carbonyl (C=O) groups is 1. The summed E-state index contributed by atoms with van der Waals surface area (Å²) in [6.07, 6.45) is 0. The topological polar surface area (TPSA) is 89.7 Å². The first-order valence-electron chi connectivity index (χ1n) is 6.40. The van der Waals surface area contributed by atoms with Crippen molar-refractivity contribution in [3.8, 4) is 0 Å². The highest BCUT2D eigenvalue weighted by Crippen LogP contribution is 2.13. The predicted octanol–water partition coefficient (Wildman–Crippen LogP) is -0.222. The maximum absolute atomic E-state index is 12.2. The molecule has 1 aliphatic heterocycles. The Balaban J connectivity index is 2.01. The molecule has 110 valence electrons. The molecule has 1 amide bonds. The SMILES string of the molecule is NCc1ccc(S(=O)(=O)CCN2CCOCC2=O)cc1. The van der Waals surface area contributed by atoms with E-state index in [0.29, 0.717) is 19.7 Å². The van der Waals surface area contributed by atoms with Crippen molar-refractivity contribution >= 4 is 15.7 Å². The van der Waals surface area contributed by atoms with Crippen molar-refractivity contribution in [2.45, 2.75) is 11.4 Å². The van der Waals surface area contributed by atoms with Crippen molar-refractivity contribution in [1.29, 1.82) is 0 Å². The van der Waals surface area contributed by atoms with Crippen LogP contribution in [0.1, 0.15) is 5.56 Å². The number of morpholine rings is 1. The summed E-state index contributed by atoms with van der Waals surface area (Å²) in [6.45, 7) is 1.51. The predicted molar refractivity (Wildman–Crippen MR) is 73.8 cm³/mol. The quantitative estimate of drug-likeness (QED) is 0.811. The molecule has 0 unspecified atom stereocenters. The summed E-state index contributed by atoms with van der Waals surface area (Å²) in [7, 11) is -3.38. The van der Waals surface area contributed by atoms with Crippen LogP contribution in [0.3, 0.4) is 0 Å². The molecule has 1 aromatic rings. The number of sulfone groups is 1. The Morgan fingerprint density at radius 1 is 1.25 bits per heavy atom. The number of benzene rings is 1. The zero-order valence-corrected chi connectivity index (χ0v) is 11.9. The summed E-state index contributed by atoms with van der Waals surface area (Å²) in [5.41, 5.74) is 6.36. The van der Waals surface area contributed by atoms with E-state index in [0.717, 1.165) is 5.56 Å². The van der Waals surface area contributed by atoms with E-state index in [4.69, 9.17) is 10.5 Å². The second-order valence-electron chi connectivity index (χ2n) is 4.60. The molecule has 0 atom stereocenters. The second kappa shape index (κ2) is 6.34. The molecule has 0 aliphatic carbocycles. The van der Waals surface area contributed by atoms with Crippen molar-refractivity contribution < 1.29 is 17.9 Å². The molecule has 0 aromatic heterocycles. The standard InChI is InChI=1S/C13H18N2O4S/c14-9-11-1-3-12(4-2-11)20(17,18)8-6-15-5-7-19-10-13(15)16/h1-4H,5-10,14H2. The molecule has 0 radical (unpaired) electrons. The summed E-state index contributed by atoms with van der Waals surface area (Å²) in [5, 5.41) is 0. The van der Waals surface area contributed by atoms with E-state index in [9.17, 15) is 13.2 Å². The van der Waals surface area contributed by atoms with Gasteiger partial charge in [-0.3, -0.25) is 4.79 Å². The molecule has 1 saturated heterocycles. The second-order valence-corrected chi connectivity index (χ2v) is 6.71. The number of nitrogens with two attached hydrogens (primary N) is 1. The number of hydrogen-bond donors (Lipinski definition) is 1. The number of nitrogens with zero attached hydrogens (tertiary/aromatic N) is 1. The zero-order valence-electron chi connectivity index (χ0n) is 11.1. The molecular formula is C13H18N2O4S. The zero-order chi connectivity index (χ0) is 14.6. The lowest BCUT2D eigenvalue weighted by atomic mass is 10.2. The minimum Gasteiger partial charge on any atom is -0.370 e. The largest absolute Gasteiger partial charge is 0.370 e. The smallest absolute Gasteiger partial charge is 0.248 e. The fraction of sp³-hybridized carbons (Fsp3) is 0.462. The van der Waals surface area contributed by atoms with Crippen molar-refractivity contribution in [1.82, 2.24) is 4.90 Å². The third-order valence-electron chi connectivity index (χ3n) is 3.23. The Hall–Kier alpha value is -1.44. The molecular weight excluding hydrogens is 280 g/mol. The lowest BCUT2D eigenvalue weighted by molar-refractivity contribution is -0.142. The van der Waals surface area contributed by atoms with Gasteiger partial charge in [0.1, 0.15) is 6.61 Å². The van der Waals surface area contributed by atoms with E-state index in [1.807, 2.05) is 0 Å². The summed E-state index contributed by atoms with van der Waals surface area (Å²) in [6, 6.07) is 6.51. The van der Waals surface area contributed by atoms with Crippen LogP contribution in [0.2, 0.25) is 0 Å². The highest BCUT2D eigenvalue weighted by Gasteiger charge is 2.22. The Bertz CT molecular complexity index is 569. The molecule has 20 heavy (non-hydrogen) atoms. The molecule has 1 aliphatic rings. The van der Waals surface area contributed by atoms with Gasteiger partial charge in [-0.25, -0.2) is 8.42 Å². The average molecular weight is 298 g/mol. The Morgan fingerprint density at radius 2 is 1.95 bits per heavy atom. The van der Waals surface area contributed by atoms with Gasteiger partial charge in [-0.15, -0.1) is 0 Å². The van der Waals surface area contributed by atoms with Gasteiger partial charge < -0.3 is 15.4 Å². The third-order valence-corrected chi connectivity index (χ3v) is 4.94. The van der Waals surface area contributed by atoms with Crippen LogP contribution >= 0.6 is 0 Å². The van der Waals surface area contributed by atoms with Gasteiger partial charge in [0.05, 0.1) is 17.3 Å². The lowest BCUT2D eigenvalue weighted by Crippen LogP contribution is -2.43. The van der Waals surface area contributed by atoms with Gasteiger partial charge in [0.25, 0.3) is 0 Å². The van der Waals surface area contributed by atoms with Gasteiger partial charge >= 0.3 is 0 Å². The Labute approximate surface area is 118 Å². The normalized spacial score (nSPS) is 16.4. The van der Waals surface area contributed by atoms with Crippen molar-refractivity contribution in [3.63, 3.8) is 0 Å². The molecule has 1 aromatic carbocycles. The maximum atomic E-state index is 12.2. The molecule has 1 fully saturated rings. The van der Waals surface area contributed by atoms with Crippen LogP contribution in [0.15, 0.2) is 29.2 Å². The van der Waals surface area contributed by atoms with Crippen molar-refractivity contribution in [2.75, 3.05) is 32.1 Å². The number of hydrogen-bond acceptors (Lipinski definition) is 5. The first kappa shape index (κ1) is 15.0. The number of amides is 1. The fourth-order valence-corrected chi connectivity index (χ4v) is 3.22. The molecule has 2 N–H and O–H groups in total. The summed E-state index contributed by atoms with van der Waals surface area (Å²) in [4.78, 5) is 13.3. The highest BCUT2D eigenvalue weighted by molar-refractivity contribution is 7.91. The fourth-order valence-electron chi connectivity index (χ4n) is 1.97. The van der Waals surface area contributed by atoms with Gasteiger partial charge in [-0.1, -0.05) is 12.1 Å². The molecule has 2 rings (SSSR count). The van der Waals surface area contributed by atoms with Gasteiger partial charge in [-0.05, 0) is 17.7 Å². The minimum atomic E-state index is -3.38. The number of ether oxygens (including phenoxy) is 1. The Kier molecular flexibility index (Phi) is 4.74. The maximum Gasteiger partial charge on any atom is 0.248 e. The monoisotopic (exact) mass is 298 g/mol. The van der Waals surface area contributed by atoms with Gasteiger partial charge in [0.2, 0.25) is 5.91 Å². The van der Waals surface area contributed by atoms with Crippen LogP contribution < -0.4 is 5.73 Å². The molecule has 0 bridgehead atoms. The molecule has 0 saturated carbocycles. The van der Waals surface area contributed by atoms with E-state index < -0.39 is 9.84 Å². The minimum absolute atomic E-state index is 0.0330. The lowest BCUT2D eigenvalue weighted by Gasteiger charge is -2.26. The summed E-state index contributed by atoms with van der Waals surface area (Å²) < 4.78 is 29.4. The summed E-state index contributed by atoms with van der Waals surface area (Å²) in [5.74, 6) is -0.245. The van der Waals surface area contributed by atoms with E-state index in [1.54, 1.807) is 24.3 Å². The van der Waals surface area contributed by atoms with Crippen LogP contribution in [0.4, 0.5) is 0 Å². The van der Waals surface area contributed by atoms with Gasteiger partial charge in [0.15, 0.2) is 9.84 Å². The van der Waals surface area contributed by atoms with E-state index in [1.165, 1.54) is 4.90 Å². The number of carbonyl (C=O) groups excluding carboxylic acids is 1. The molecule has 0 spiro atoms. The highest BCUT2D eigenvalue weighted by atomic mass is 32.2. The van der Waals surface area contributed by atoms with Crippen LogP contribution in [-0.2, 0) is 25.9 Å². The first-order chi connectivity index (χ1) is 9.53. The third kappa shape index (κ3) is 3.56. The van der Waals surface area contributed by atoms with Crippen LogP contribution in [0.25, 0.3) is 0 Å². The van der Waals surface area contributed by atoms with E-state index in [-0.39, 0.29) is 29.7 Å². The van der Waals surface area contributed by atoms with Gasteiger partial charge in [0, 0.05) is 19.6 Å². The van der Waals surface area contributed by atoms with Crippen molar-refractivity contribution in [3.05, 3.63) is 29.8 Å². The Morgan fingerprint density at radius 3 is 2.55 bits per heavy atom. The van der Waals surface area contributed by atoms with Crippen LogP contribution in [0, 0.1) is 0 Å². The van der Waals surface area contributed by atoms with Crippen LogP contribution in [0.5, 0.6) is 0 Å². The van der Waals surface area contributed by atoms with E-state index >= 15 is 0 Å². The van der Waals surface area contributed by atoms with Gasteiger partial charge in [-0.2, -0.15) is 0 Å². The summed E-state index contributed by atoms with van der Waals surface area (Å²) >= 11 is 0. The molecule has 1 heterocycles. The molecule has 7 heteroatoms. The number of rotatable bonds is 5. The molecule has 6 nitrogen and oxygen atoms in total. The van der Waals surface area contributed by atoms with Crippen molar-refractivity contribution in [2.24, 2.45) is 5.73 Å². The first-order valence-corrected chi connectivity index (χ1v) is 8.05. The average Bonchev–Trinajstić information content (AvgIpc) is 2.46. The van der Waals surface area contributed by atoms with Crippen LogP contribution in [-0.4, -0.2) is 51.3 Å².